The summed E-state index contributed by atoms with van der Waals surface area (Å²) in [4.78, 5) is 1.71. The van der Waals surface area contributed by atoms with Crippen LogP contribution in [0.15, 0.2) is 40.2 Å². The smallest absolute Gasteiger partial charge is 0.104 e. The average molecular weight is 327 g/mol. The van der Waals surface area contributed by atoms with E-state index in [4.69, 9.17) is 18.0 Å². The monoisotopic (exact) mass is 326 g/mol. The highest BCUT2D eigenvalue weighted by Crippen LogP contribution is 2.24. The summed E-state index contributed by atoms with van der Waals surface area (Å²) in [6.45, 7) is 0.822. The Kier molecular flexibility index (Phi) is 4.15. The van der Waals surface area contributed by atoms with Crippen LogP contribution in [0.3, 0.4) is 0 Å². The zero-order valence-electron chi connectivity index (χ0n) is 8.94. The first-order valence-corrected chi connectivity index (χ1v) is 7.10. The summed E-state index contributed by atoms with van der Waals surface area (Å²) >= 11 is 10.2. The van der Waals surface area contributed by atoms with E-state index < -0.39 is 0 Å². The van der Waals surface area contributed by atoms with Gasteiger partial charge < -0.3 is 11.1 Å². The van der Waals surface area contributed by atoms with Gasteiger partial charge in [-0.25, -0.2) is 0 Å². The minimum Gasteiger partial charge on any atom is -0.389 e. The molecule has 2 rings (SSSR count). The van der Waals surface area contributed by atoms with Gasteiger partial charge in [-0.1, -0.05) is 18.3 Å². The predicted molar refractivity (Wildman–Crippen MR) is 81.7 cm³/mol. The Labute approximate surface area is 118 Å². The lowest BCUT2D eigenvalue weighted by atomic mass is 10.2. The van der Waals surface area contributed by atoms with E-state index >= 15 is 0 Å². The van der Waals surface area contributed by atoms with Crippen LogP contribution in [0.4, 0.5) is 5.69 Å². The fourth-order valence-corrected chi connectivity index (χ4v) is 2.70. The molecule has 0 radical (unpaired) electrons. The molecule has 2 nitrogen and oxygen atoms in total. The molecule has 0 fully saturated rings. The molecule has 1 heterocycles. The number of hydrogen-bond acceptors (Lipinski definition) is 3. The summed E-state index contributed by atoms with van der Waals surface area (Å²) in [5.41, 5.74) is 7.48. The molecule has 0 aliphatic rings. The Morgan fingerprint density at radius 2 is 2.24 bits per heavy atom. The summed E-state index contributed by atoms with van der Waals surface area (Å²) in [5, 5.41) is 5.43. The molecule has 3 N–H and O–H groups in total. The van der Waals surface area contributed by atoms with Gasteiger partial charge in [0.1, 0.15) is 4.99 Å². The first kappa shape index (κ1) is 12.5. The molecule has 17 heavy (non-hydrogen) atoms. The fourth-order valence-electron chi connectivity index (χ4n) is 1.41. The molecule has 0 atom stereocenters. The standard InChI is InChI=1S/C12H11BrN2S2/c13-10-6-8(12(14)16)3-4-11(10)15-7-9-2-1-5-17-9/h1-6,15H,7H2,(H2,14,16). The number of nitrogens with two attached hydrogens (primary N) is 1. The topological polar surface area (TPSA) is 38.0 Å². The van der Waals surface area contributed by atoms with Crippen LogP contribution in [0.5, 0.6) is 0 Å². The van der Waals surface area contributed by atoms with E-state index in [0.29, 0.717) is 4.99 Å². The van der Waals surface area contributed by atoms with Crippen molar-refractivity contribution in [3.63, 3.8) is 0 Å². The number of rotatable bonds is 4. The van der Waals surface area contributed by atoms with Crippen LogP contribution in [-0.2, 0) is 6.54 Å². The van der Waals surface area contributed by atoms with E-state index in [1.165, 1.54) is 4.88 Å². The Bertz CT molecular complexity index is 523. The van der Waals surface area contributed by atoms with E-state index in [9.17, 15) is 0 Å². The van der Waals surface area contributed by atoms with Crippen molar-refractivity contribution in [1.29, 1.82) is 0 Å². The first-order chi connectivity index (χ1) is 8.16. The van der Waals surface area contributed by atoms with Gasteiger partial charge in [0, 0.05) is 27.1 Å². The summed E-state index contributed by atoms with van der Waals surface area (Å²) < 4.78 is 0.972. The Morgan fingerprint density at radius 3 is 2.82 bits per heavy atom. The normalized spacial score (nSPS) is 10.2. The molecule has 1 aromatic carbocycles. The van der Waals surface area contributed by atoms with Crippen molar-refractivity contribution in [2.24, 2.45) is 5.73 Å². The molecule has 5 heteroatoms. The molecule has 0 spiro atoms. The molecule has 0 aliphatic heterocycles. The number of halogens is 1. The van der Waals surface area contributed by atoms with E-state index in [2.05, 4.69) is 32.7 Å². The van der Waals surface area contributed by atoms with Crippen molar-refractivity contribution in [1.82, 2.24) is 0 Å². The SMILES string of the molecule is NC(=S)c1ccc(NCc2cccs2)c(Br)c1. The van der Waals surface area contributed by atoms with Gasteiger partial charge in [-0.3, -0.25) is 0 Å². The van der Waals surface area contributed by atoms with Crippen molar-refractivity contribution in [3.8, 4) is 0 Å². The van der Waals surface area contributed by atoms with Gasteiger partial charge in [0.2, 0.25) is 0 Å². The van der Waals surface area contributed by atoms with E-state index in [1.807, 2.05) is 24.3 Å². The van der Waals surface area contributed by atoms with Crippen molar-refractivity contribution in [2.45, 2.75) is 6.54 Å². The number of thiocarbonyl (C=S) groups is 1. The van der Waals surface area contributed by atoms with Crippen LogP contribution in [0, 0.1) is 0 Å². The van der Waals surface area contributed by atoms with Crippen LogP contribution in [0.25, 0.3) is 0 Å². The lowest BCUT2D eigenvalue weighted by Crippen LogP contribution is -2.09. The average Bonchev–Trinajstić information content (AvgIpc) is 2.80. The van der Waals surface area contributed by atoms with Gasteiger partial charge in [-0.15, -0.1) is 11.3 Å². The number of anilines is 1. The van der Waals surface area contributed by atoms with Gasteiger partial charge in [0.15, 0.2) is 0 Å². The Hall–Kier alpha value is -0.910. The number of nitrogens with one attached hydrogen (secondary N) is 1. The highest BCUT2D eigenvalue weighted by Gasteiger charge is 2.03. The van der Waals surface area contributed by atoms with E-state index in [1.54, 1.807) is 11.3 Å². The quantitative estimate of drug-likeness (QED) is 0.840. The molecule has 0 aliphatic carbocycles. The molecule has 2 aromatic rings. The van der Waals surface area contributed by atoms with Gasteiger partial charge in [0.25, 0.3) is 0 Å². The zero-order valence-corrected chi connectivity index (χ0v) is 12.2. The highest BCUT2D eigenvalue weighted by molar-refractivity contribution is 9.10. The number of hydrogen-bond donors (Lipinski definition) is 2. The van der Waals surface area contributed by atoms with Crippen LogP contribution in [-0.4, -0.2) is 4.99 Å². The van der Waals surface area contributed by atoms with Gasteiger partial charge in [0.05, 0.1) is 0 Å². The zero-order chi connectivity index (χ0) is 12.3. The van der Waals surface area contributed by atoms with Crippen molar-refractivity contribution < 1.29 is 0 Å². The molecule has 0 amide bonds. The summed E-state index contributed by atoms with van der Waals surface area (Å²) in [5.74, 6) is 0. The maximum absolute atomic E-state index is 5.58. The predicted octanol–water partition coefficient (Wildman–Crippen LogP) is 3.76. The largest absolute Gasteiger partial charge is 0.389 e. The molecule has 1 aromatic heterocycles. The van der Waals surface area contributed by atoms with Crippen molar-refractivity contribution in [3.05, 3.63) is 50.6 Å². The summed E-state index contributed by atoms with van der Waals surface area (Å²) in [6, 6.07) is 9.98. The minimum absolute atomic E-state index is 0.413. The summed E-state index contributed by atoms with van der Waals surface area (Å²) in [7, 11) is 0. The van der Waals surface area contributed by atoms with Crippen molar-refractivity contribution >= 4 is 50.2 Å². The van der Waals surface area contributed by atoms with Crippen LogP contribution in [0.2, 0.25) is 0 Å². The van der Waals surface area contributed by atoms with Crippen LogP contribution >= 0.6 is 39.5 Å². The highest BCUT2D eigenvalue weighted by atomic mass is 79.9. The lowest BCUT2D eigenvalue weighted by Gasteiger charge is -2.08. The molecule has 88 valence electrons. The third kappa shape index (κ3) is 3.28. The van der Waals surface area contributed by atoms with Gasteiger partial charge in [-0.05, 0) is 45.6 Å². The second-order valence-corrected chi connectivity index (χ2v) is 5.82. The van der Waals surface area contributed by atoms with E-state index in [-0.39, 0.29) is 0 Å². The second-order valence-electron chi connectivity index (χ2n) is 3.49. The molecule has 0 saturated carbocycles. The lowest BCUT2D eigenvalue weighted by molar-refractivity contribution is 1.19. The number of thiophene rings is 1. The first-order valence-electron chi connectivity index (χ1n) is 5.02. The molecule has 0 bridgehead atoms. The third-order valence-electron chi connectivity index (χ3n) is 2.29. The van der Waals surface area contributed by atoms with Crippen LogP contribution < -0.4 is 11.1 Å². The second kappa shape index (κ2) is 5.62. The third-order valence-corrected chi connectivity index (χ3v) is 4.05. The maximum Gasteiger partial charge on any atom is 0.104 e. The maximum atomic E-state index is 5.58. The van der Waals surface area contributed by atoms with E-state index in [0.717, 1.165) is 22.3 Å². The molecular formula is C12H11BrN2S2. The number of benzene rings is 1. The van der Waals surface area contributed by atoms with Gasteiger partial charge in [-0.2, -0.15) is 0 Å². The summed E-state index contributed by atoms with van der Waals surface area (Å²) in [6.07, 6.45) is 0. The molecular weight excluding hydrogens is 316 g/mol. The van der Waals surface area contributed by atoms with Crippen LogP contribution in [0.1, 0.15) is 10.4 Å². The molecule has 0 saturated heterocycles. The fraction of sp³-hybridized carbons (Fsp3) is 0.0833. The minimum atomic E-state index is 0.413. The van der Waals surface area contributed by atoms with Gasteiger partial charge >= 0.3 is 0 Å². The molecule has 0 unspecified atom stereocenters. The van der Waals surface area contributed by atoms with Crippen molar-refractivity contribution in [2.75, 3.05) is 5.32 Å². The Morgan fingerprint density at radius 1 is 1.41 bits per heavy atom. The Balaban J connectivity index is 2.09.